The molecule has 100 valence electrons. The number of aryl methyl sites for hydroxylation is 1. The van der Waals surface area contributed by atoms with Crippen molar-refractivity contribution in [1.82, 2.24) is 10.2 Å². The van der Waals surface area contributed by atoms with Crippen molar-refractivity contribution in [1.29, 1.82) is 0 Å². The highest BCUT2D eigenvalue weighted by atomic mass is 16.4. The minimum atomic E-state index is -0.951. The number of rotatable bonds is 4. The van der Waals surface area contributed by atoms with Crippen LogP contribution >= 0.6 is 0 Å². The zero-order valence-electron chi connectivity index (χ0n) is 11.4. The van der Waals surface area contributed by atoms with Gasteiger partial charge in [-0.1, -0.05) is 38.1 Å². The van der Waals surface area contributed by atoms with Gasteiger partial charge in [0.25, 0.3) is 0 Å². The van der Waals surface area contributed by atoms with Gasteiger partial charge < -0.3 is 5.11 Å². The first-order valence-corrected chi connectivity index (χ1v) is 6.36. The van der Waals surface area contributed by atoms with Crippen molar-refractivity contribution in [2.75, 3.05) is 0 Å². The van der Waals surface area contributed by atoms with Crippen LogP contribution in [0.4, 0.5) is 0 Å². The number of benzene rings is 1. The summed E-state index contributed by atoms with van der Waals surface area (Å²) in [6, 6.07) is 7.93. The molecule has 1 heterocycles. The number of aromatic carboxylic acids is 1. The summed E-state index contributed by atoms with van der Waals surface area (Å²) >= 11 is 0. The van der Waals surface area contributed by atoms with Crippen LogP contribution in [-0.2, 0) is 6.42 Å². The van der Waals surface area contributed by atoms with Crippen LogP contribution in [0.25, 0.3) is 11.3 Å². The van der Waals surface area contributed by atoms with Crippen molar-refractivity contribution < 1.29 is 9.90 Å². The molecule has 1 aromatic heterocycles. The fourth-order valence-electron chi connectivity index (χ4n) is 2.17. The van der Waals surface area contributed by atoms with Gasteiger partial charge in [-0.2, -0.15) is 5.10 Å². The van der Waals surface area contributed by atoms with Gasteiger partial charge in [0.15, 0.2) is 0 Å². The minimum Gasteiger partial charge on any atom is -0.478 e. The standard InChI is InChI=1S/C15H18N2O2/c1-9(2)8-11-4-6-12(7-5-11)14-13(15(18)19)10(3)16-17-14/h4-7,9H,8H2,1-3H3,(H,16,17)(H,18,19). The molecule has 0 atom stereocenters. The molecule has 2 rings (SSSR count). The van der Waals surface area contributed by atoms with E-state index in [-0.39, 0.29) is 5.56 Å². The van der Waals surface area contributed by atoms with E-state index in [0.29, 0.717) is 17.3 Å². The van der Waals surface area contributed by atoms with Gasteiger partial charge in [-0.15, -0.1) is 0 Å². The molecule has 19 heavy (non-hydrogen) atoms. The van der Waals surface area contributed by atoms with E-state index in [1.165, 1.54) is 5.56 Å². The number of hydrogen-bond donors (Lipinski definition) is 2. The molecule has 0 amide bonds. The predicted molar refractivity (Wildman–Crippen MR) is 74.3 cm³/mol. The van der Waals surface area contributed by atoms with Gasteiger partial charge in [0.2, 0.25) is 0 Å². The molecule has 0 aliphatic carbocycles. The summed E-state index contributed by atoms with van der Waals surface area (Å²) in [5.74, 6) is -0.347. The van der Waals surface area contributed by atoms with Crippen molar-refractivity contribution >= 4 is 5.97 Å². The maximum Gasteiger partial charge on any atom is 0.339 e. The third-order valence-corrected chi connectivity index (χ3v) is 3.03. The Balaban J connectivity index is 2.35. The van der Waals surface area contributed by atoms with Crippen molar-refractivity contribution in [3.05, 3.63) is 41.1 Å². The first kappa shape index (κ1) is 13.3. The summed E-state index contributed by atoms with van der Waals surface area (Å²) in [5, 5.41) is 16.0. The molecule has 2 aromatic rings. The molecule has 0 unspecified atom stereocenters. The lowest BCUT2D eigenvalue weighted by atomic mass is 9.99. The summed E-state index contributed by atoms with van der Waals surface area (Å²) in [6.45, 7) is 6.06. The van der Waals surface area contributed by atoms with Crippen LogP contribution in [0.15, 0.2) is 24.3 Å². The third-order valence-electron chi connectivity index (χ3n) is 3.03. The molecule has 4 heteroatoms. The van der Waals surface area contributed by atoms with E-state index in [1.807, 2.05) is 24.3 Å². The number of aromatic nitrogens is 2. The number of H-pyrrole nitrogens is 1. The van der Waals surface area contributed by atoms with Crippen molar-refractivity contribution in [2.45, 2.75) is 27.2 Å². The Morgan fingerprint density at radius 1 is 1.32 bits per heavy atom. The largest absolute Gasteiger partial charge is 0.478 e. The summed E-state index contributed by atoms with van der Waals surface area (Å²) < 4.78 is 0. The highest BCUT2D eigenvalue weighted by molar-refractivity contribution is 5.96. The molecule has 2 N–H and O–H groups in total. The molecule has 1 aromatic carbocycles. The number of nitrogens with zero attached hydrogens (tertiary/aromatic N) is 1. The summed E-state index contributed by atoms with van der Waals surface area (Å²) in [6.07, 6.45) is 1.02. The van der Waals surface area contributed by atoms with Gasteiger partial charge >= 0.3 is 5.97 Å². The van der Waals surface area contributed by atoms with Crippen LogP contribution in [0.5, 0.6) is 0 Å². The predicted octanol–water partition coefficient (Wildman–Crippen LogP) is 3.28. The Morgan fingerprint density at radius 2 is 1.95 bits per heavy atom. The number of carbonyl (C=O) groups is 1. The molecule has 0 radical (unpaired) electrons. The molecule has 0 saturated carbocycles. The highest BCUT2D eigenvalue weighted by Gasteiger charge is 2.18. The van der Waals surface area contributed by atoms with E-state index in [1.54, 1.807) is 6.92 Å². The van der Waals surface area contributed by atoms with E-state index in [9.17, 15) is 9.90 Å². The zero-order valence-corrected chi connectivity index (χ0v) is 11.4. The maximum absolute atomic E-state index is 11.2. The van der Waals surface area contributed by atoms with Crippen LogP contribution in [0.1, 0.15) is 35.5 Å². The van der Waals surface area contributed by atoms with E-state index >= 15 is 0 Å². The minimum absolute atomic E-state index is 0.247. The topological polar surface area (TPSA) is 66.0 Å². The van der Waals surface area contributed by atoms with Crippen molar-refractivity contribution in [3.8, 4) is 11.3 Å². The number of carboxylic acids is 1. The number of aromatic amines is 1. The van der Waals surface area contributed by atoms with Gasteiger partial charge in [0, 0.05) is 11.3 Å². The van der Waals surface area contributed by atoms with Crippen LogP contribution in [0, 0.1) is 12.8 Å². The number of hydrogen-bond acceptors (Lipinski definition) is 2. The molecule has 0 bridgehead atoms. The average Bonchev–Trinajstić information content (AvgIpc) is 2.71. The smallest absolute Gasteiger partial charge is 0.339 e. The second kappa shape index (κ2) is 5.26. The molecule has 4 nitrogen and oxygen atoms in total. The fourth-order valence-corrected chi connectivity index (χ4v) is 2.17. The maximum atomic E-state index is 11.2. The van der Waals surface area contributed by atoms with Crippen molar-refractivity contribution in [3.63, 3.8) is 0 Å². The van der Waals surface area contributed by atoms with Gasteiger partial charge in [-0.05, 0) is 24.8 Å². The normalized spacial score (nSPS) is 10.9. The van der Waals surface area contributed by atoms with Gasteiger partial charge in [0.05, 0.1) is 0 Å². The second-order valence-electron chi connectivity index (χ2n) is 5.17. The van der Waals surface area contributed by atoms with Gasteiger partial charge in [-0.25, -0.2) is 4.79 Å². The third kappa shape index (κ3) is 2.84. The van der Waals surface area contributed by atoms with E-state index in [2.05, 4.69) is 24.0 Å². The Bertz CT molecular complexity index is 583. The lowest BCUT2D eigenvalue weighted by molar-refractivity contribution is 0.0697. The van der Waals surface area contributed by atoms with E-state index < -0.39 is 5.97 Å². The summed E-state index contributed by atoms with van der Waals surface area (Å²) in [5.41, 5.74) is 3.41. The monoisotopic (exact) mass is 258 g/mol. The Morgan fingerprint density at radius 3 is 2.47 bits per heavy atom. The summed E-state index contributed by atoms with van der Waals surface area (Å²) in [4.78, 5) is 11.2. The fraction of sp³-hybridized carbons (Fsp3) is 0.333. The van der Waals surface area contributed by atoms with Gasteiger partial charge in [0.1, 0.15) is 11.3 Å². The molecule has 0 fully saturated rings. The molecule has 0 spiro atoms. The molecule has 0 aliphatic heterocycles. The summed E-state index contributed by atoms with van der Waals surface area (Å²) in [7, 11) is 0. The van der Waals surface area contributed by atoms with Crippen LogP contribution < -0.4 is 0 Å². The van der Waals surface area contributed by atoms with Crippen molar-refractivity contribution in [2.24, 2.45) is 5.92 Å². The lowest BCUT2D eigenvalue weighted by Gasteiger charge is -2.06. The number of carboxylic acid groups (broad SMARTS) is 1. The quantitative estimate of drug-likeness (QED) is 0.884. The van der Waals surface area contributed by atoms with Crippen LogP contribution in [-0.4, -0.2) is 21.3 Å². The zero-order chi connectivity index (χ0) is 14.0. The molecular formula is C15H18N2O2. The Kier molecular flexibility index (Phi) is 3.69. The first-order valence-electron chi connectivity index (χ1n) is 6.36. The van der Waals surface area contributed by atoms with Crippen LogP contribution in [0.2, 0.25) is 0 Å². The van der Waals surface area contributed by atoms with Crippen LogP contribution in [0.3, 0.4) is 0 Å². The number of nitrogens with one attached hydrogen (secondary N) is 1. The lowest BCUT2D eigenvalue weighted by Crippen LogP contribution is -1.99. The first-order chi connectivity index (χ1) is 8.99. The molecule has 0 saturated heterocycles. The SMILES string of the molecule is Cc1[nH]nc(-c2ccc(CC(C)C)cc2)c1C(=O)O. The highest BCUT2D eigenvalue weighted by Crippen LogP contribution is 2.24. The second-order valence-corrected chi connectivity index (χ2v) is 5.17. The van der Waals surface area contributed by atoms with E-state index in [0.717, 1.165) is 12.0 Å². The molecular weight excluding hydrogens is 240 g/mol. The Labute approximate surface area is 112 Å². The Hall–Kier alpha value is -2.10. The average molecular weight is 258 g/mol. The van der Waals surface area contributed by atoms with Gasteiger partial charge in [-0.3, -0.25) is 5.10 Å². The van der Waals surface area contributed by atoms with E-state index in [4.69, 9.17) is 0 Å². The molecule has 0 aliphatic rings.